The molecule has 41 heavy (non-hydrogen) atoms. The third-order valence-corrected chi connectivity index (χ3v) is 4.96. The molecule has 0 radical (unpaired) electrons. The SMILES string of the molecule is O=C(NCC(O)CO)Oc1ccc(/C=C/c2cc(OC(=O)NCC(O)CO)cc(OC(=O)NCC(O)CO)c2)cc1. The molecule has 0 aromatic heterocycles. The van der Waals surface area contributed by atoms with Gasteiger partial charge in [0, 0.05) is 25.7 Å². The number of hydrogen-bond donors (Lipinski definition) is 9. The number of carbonyl (C=O) groups excluding carboxylic acids is 3. The summed E-state index contributed by atoms with van der Waals surface area (Å²) in [5, 5.41) is 61.4. The molecule has 0 saturated carbocycles. The van der Waals surface area contributed by atoms with Gasteiger partial charge >= 0.3 is 18.3 Å². The molecule has 0 saturated heterocycles. The highest BCUT2D eigenvalue weighted by Crippen LogP contribution is 2.25. The second-order valence-corrected chi connectivity index (χ2v) is 8.46. The van der Waals surface area contributed by atoms with Gasteiger partial charge in [0.25, 0.3) is 0 Å². The largest absolute Gasteiger partial charge is 0.412 e. The van der Waals surface area contributed by atoms with Crippen molar-refractivity contribution in [3.05, 3.63) is 53.6 Å². The Kier molecular flexibility index (Phi) is 14.0. The fraction of sp³-hybridized carbons (Fsp3) is 0.346. The number of hydrogen-bond acceptors (Lipinski definition) is 12. The van der Waals surface area contributed by atoms with Crippen molar-refractivity contribution in [1.82, 2.24) is 16.0 Å². The Balaban J connectivity index is 2.13. The Labute approximate surface area is 234 Å². The molecule has 2 aromatic rings. The first-order chi connectivity index (χ1) is 19.6. The second kappa shape index (κ2) is 17.4. The number of benzene rings is 2. The quantitative estimate of drug-likeness (QED) is 0.125. The van der Waals surface area contributed by atoms with Crippen molar-refractivity contribution in [2.24, 2.45) is 0 Å². The molecule has 15 nitrogen and oxygen atoms in total. The van der Waals surface area contributed by atoms with E-state index >= 15 is 0 Å². The van der Waals surface area contributed by atoms with E-state index < -0.39 is 56.4 Å². The van der Waals surface area contributed by atoms with E-state index in [2.05, 4.69) is 16.0 Å². The highest BCUT2D eigenvalue weighted by atomic mass is 16.6. The fourth-order valence-electron chi connectivity index (χ4n) is 2.87. The van der Waals surface area contributed by atoms with Crippen molar-refractivity contribution in [1.29, 1.82) is 0 Å². The molecular formula is C26H33N3O12. The lowest BCUT2D eigenvalue weighted by Gasteiger charge is -2.12. The van der Waals surface area contributed by atoms with Gasteiger partial charge in [-0.15, -0.1) is 0 Å². The molecule has 224 valence electrons. The Morgan fingerprint density at radius 3 is 1.34 bits per heavy atom. The standard InChI is InChI=1S/C26H33N3O12/c30-13-18(33)10-27-24(36)39-21-5-3-16(4-6-21)1-2-17-7-22(40-25(37)28-11-19(34)14-31)9-23(8-17)41-26(38)29-12-20(35)15-32/h1-9,18-20,30-35H,10-15H2,(H,27,36)(H,28,37)(H,29,38)/b2-1+. The van der Waals surface area contributed by atoms with E-state index in [-0.39, 0.29) is 36.9 Å². The normalized spacial score (nSPS) is 13.1. The van der Waals surface area contributed by atoms with Gasteiger partial charge < -0.3 is 60.8 Å². The maximum atomic E-state index is 12.1. The van der Waals surface area contributed by atoms with Crippen LogP contribution in [0.3, 0.4) is 0 Å². The van der Waals surface area contributed by atoms with Crippen LogP contribution in [-0.4, -0.2) is 107 Å². The van der Waals surface area contributed by atoms with Gasteiger partial charge in [0.2, 0.25) is 0 Å². The molecule has 0 fully saturated rings. The van der Waals surface area contributed by atoms with E-state index in [1.807, 2.05) is 0 Å². The fourth-order valence-corrected chi connectivity index (χ4v) is 2.87. The van der Waals surface area contributed by atoms with E-state index in [9.17, 15) is 29.7 Å². The topological polar surface area (TPSA) is 236 Å². The van der Waals surface area contributed by atoms with Crippen LogP contribution < -0.4 is 30.2 Å². The number of aliphatic hydroxyl groups excluding tert-OH is 6. The first kappa shape index (κ1) is 33.0. The van der Waals surface area contributed by atoms with Crippen LogP contribution in [0.5, 0.6) is 17.2 Å². The number of nitrogens with one attached hydrogen (secondary N) is 3. The van der Waals surface area contributed by atoms with Crippen LogP contribution in [0.25, 0.3) is 12.2 Å². The van der Waals surface area contributed by atoms with Crippen molar-refractivity contribution in [2.45, 2.75) is 18.3 Å². The van der Waals surface area contributed by atoms with Crippen LogP contribution in [0.1, 0.15) is 11.1 Å². The zero-order valence-corrected chi connectivity index (χ0v) is 21.8. The van der Waals surface area contributed by atoms with E-state index in [0.717, 1.165) is 0 Å². The molecule has 3 unspecified atom stereocenters. The molecule has 2 aromatic carbocycles. The lowest BCUT2D eigenvalue weighted by molar-refractivity contribution is 0.0935. The molecule has 3 atom stereocenters. The Morgan fingerprint density at radius 2 is 0.951 bits per heavy atom. The summed E-state index contributed by atoms with van der Waals surface area (Å²) in [6.45, 7) is -2.34. The first-order valence-corrected chi connectivity index (χ1v) is 12.3. The summed E-state index contributed by atoms with van der Waals surface area (Å²) in [4.78, 5) is 35.9. The smallest absolute Gasteiger partial charge is 0.410 e. The Hall–Kier alpha value is -4.25. The van der Waals surface area contributed by atoms with Crippen molar-refractivity contribution in [3.63, 3.8) is 0 Å². The van der Waals surface area contributed by atoms with Gasteiger partial charge in [-0.25, -0.2) is 14.4 Å². The van der Waals surface area contributed by atoms with Gasteiger partial charge in [0.15, 0.2) is 0 Å². The summed E-state index contributed by atoms with van der Waals surface area (Å²) < 4.78 is 15.5. The van der Waals surface area contributed by atoms with Gasteiger partial charge in [0.05, 0.1) is 38.1 Å². The maximum Gasteiger partial charge on any atom is 0.412 e. The van der Waals surface area contributed by atoms with Crippen molar-refractivity contribution >= 4 is 30.4 Å². The zero-order valence-electron chi connectivity index (χ0n) is 21.8. The highest BCUT2D eigenvalue weighted by Gasteiger charge is 2.13. The molecule has 0 bridgehead atoms. The number of rotatable bonds is 14. The van der Waals surface area contributed by atoms with Gasteiger partial charge in [-0.05, 0) is 35.4 Å². The summed E-state index contributed by atoms with van der Waals surface area (Å²) in [6.07, 6.45) is -2.88. The van der Waals surface area contributed by atoms with E-state index in [1.54, 1.807) is 24.3 Å². The molecule has 0 aliphatic heterocycles. The minimum absolute atomic E-state index is 0.0255. The zero-order chi connectivity index (χ0) is 30.2. The van der Waals surface area contributed by atoms with E-state index in [1.165, 1.54) is 30.3 Å². The average Bonchev–Trinajstić information content (AvgIpc) is 2.96. The molecule has 0 spiro atoms. The van der Waals surface area contributed by atoms with Crippen LogP contribution >= 0.6 is 0 Å². The summed E-state index contributed by atoms with van der Waals surface area (Å²) in [5.74, 6) is 0.170. The lowest BCUT2D eigenvalue weighted by Crippen LogP contribution is -2.36. The number of amides is 3. The van der Waals surface area contributed by atoms with Crippen molar-refractivity contribution < 1.29 is 59.2 Å². The maximum absolute atomic E-state index is 12.1. The lowest BCUT2D eigenvalue weighted by atomic mass is 10.1. The van der Waals surface area contributed by atoms with Crippen LogP contribution in [0.15, 0.2) is 42.5 Å². The highest BCUT2D eigenvalue weighted by molar-refractivity contribution is 5.76. The molecule has 9 N–H and O–H groups in total. The van der Waals surface area contributed by atoms with Crippen LogP contribution in [0.4, 0.5) is 14.4 Å². The number of aliphatic hydroxyl groups is 6. The summed E-state index contributed by atoms with van der Waals surface area (Å²) >= 11 is 0. The molecule has 0 aliphatic carbocycles. The summed E-state index contributed by atoms with van der Waals surface area (Å²) in [5.41, 5.74) is 1.11. The van der Waals surface area contributed by atoms with Crippen molar-refractivity contribution in [3.8, 4) is 17.2 Å². The second-order valence-electron chi connectivity index (χ2n) is 8.46. The Morgan fingerprint density at radius 1 is 0.585 bits per heavy atom. The van der Waals surface area contributed by atoms with Crippen molar-refractivity contribution in [2.75, 3.05) is 39.5 Å². The van der Waals surface area contributed by atoms with Gasteiger partial charge in [-0.1, -0.05) is 24.3 Å². The monoisotopic (exact) mass is 579 g/mol. The average molecular weight is 580 g/mol. The summed E-state index contributed by atoms with van der Waals surface area (Å²) in [7, 11) is 0. The predicted octanol–water partition coefficient (Wildman–Crippen LogP) is -0.818. The van der Waals surface area contributed by atoms with Crippen LogP contribution in [0.2, 0.25) is 0 Å². The molecule has 2 rings (SSSR count). The molecule has 0 aliphatic rings. The van der Waals surface area contributed by atoms with Gasteiger partial charge in [-0.2, -0.15) is 0 Å². The molecule has 15 heteroatoms. The Bertz CT molecular complexity index is 1110. The number of ether oxygens (including phenoxy) is 3. The van der Waals surface area contributed by atoms with E-state index in [0.29, 0.717) is 11.1 Å². The van der Waals surface area contributed by atoms with Gasteiger partial charge in [0.1, 0.15) is 17.2 Å². The van der Waals surface area contributed by atoms with Gasteiger partial charge in [-0.3, -0.25) is 0 Å². The molecule has 3 amide bonds. The minimum atomic E-state index is -1.18. The number of carbonyl (C=O) groups is 3. The third-order valence-electron chi connectivity index (χ3n) is 4.96. The van der Waals surface area contributed by atoms with E-state index in [4.69, 9.17) is 29.5 Å². The molecular weight excluding hydrogens is 546 g/mol. The third kappa shape index (κ3) is 13.1. The van der Waals surface area contributed by atoms with Crippen LogP contribution in [-0.2, 0) is 0 Å². The van der Waals surface area contributed by atoms with Crippen LogP contribution in [0, 0.1) is 0 Å². The minimum Gasteiger partial charge on any atom is -0.410 e. The predicted molar refractivity (Wildman–Crippen MR) is 143 cm³/mol. The summed E-state index contributed by atoms with van der Waals surface area (Å²) in [6, 6.07) is 10.5. The molecule has 0 heterocycles. The first-order valence-electron chi connectivity index (χ1n) is 12.3.